The highest BCUT2D eigenvalue weighted by Crippen LogP contribution is 2.34. The van der Waals surface area contributed by atoms with Crippen LogP contribution in [0.2, 0.25) is 0 Å². The lowest BCUT2D eigenvalue weighted by Crippen LogP contribution is -2.44. The Labute approximate surface area is 154 Å². The van der Waals surface area contributed by atoms with Crippen LogP contribution in [0.25, 0.3) is 0 Å². The summed E-state index contributed by atoms with van der Waals surface area (Å²) in [6, 6.07) is 10.3. The van der Waals surface area contributed by atoms with Crippen LogP contribution < -0.4 is 4.74 Å². The first-order chi connectivity index (χ1) is 12.7. The third-order valence-corrected chi connectivity index (χ3v) is 5.28. The lowest BCUT2D eigenvalue weighted by atomic mass is 10.00. The topological polar surface area (TPSA) is 48.8 Å². The van der Waals surface area contributed by atoms with Gasteiger partial charge in [0.25, 0.3) is 0 Å². The maximum absolute atomic E-state index is 6.50. The summed E-state index contributed by atoms with van der Waals surface area (Å²) >= 11 is 0. The van der Waals surface area contributed by atoms with Crippen molar-refractivity contribution in [1.82, 2.24) is 14.7 Å². The highest BCUT2D eigenvalue weighted by molar-refractivity contribution is 5.27. The molecule has 0 saturated carbocycles. The molecule has 0 aliphatic carbocycles. The minimum absolute atomic E-state index is 0.194. The van der Waals surface area contributed by atoms with Gasteiger partial charge in [0.15, 0.2) is 0 Å². The van der Waals surface area contributed by atoms with Crippen molar-refractivity contribution in [3.05, 3.63) is 48.3 Å². The normalized spacial score (nSPS) is 26.9. The SMILES string of the molecule is COc1ccc(CN2CCOCC3(CCC(Cn4cccn4)O3)C2)cc1. The fourth-order valence-corrected chi connectivity index (χ4v) is 3.97. The van der Waals surface area contributed by atoms with E-state index in [4.69, 9.17) is 14.2 Å². The molecule has 4 rings (SSSR count). The van der Waals surface area contributed by atoms with E-state index in [-0.39, 0.29) is 11.7 Å². The smallest absolute Gasteiger partial charge is 0.118 e. The molecule has 6 nitrogen and oxygen atoms in total. The lowest BCUT2D eigenvalue weighted by molar-refractivity contribution is -0.0904. The van der Waals surface area contributed by atoms with Crippen molar-refractivity contribution in [2.24, 2.45) is 0 Å². The van der Waals surface area contributed by atoms with Gasteiger partial charge in [-0.25, -0.2) is 0 Å². The summed E-state index contributed by atoms with van der Waals surface area (Å²) in [7, 11) is 1.70. The van der Waals surface area contributed by atoms with Crippen LogP contribution in [0.5, 0.6) is 5.75 Å². The molecular weight excluding hydrogens is 330 g/mol. The number of methoxy groups -OCH3 is 1. The van der Waals surface area contributed by atoms with Crippen LogP contribution in [0.4, 0.5) is 0 Å². The molecule has 0 amide bonds. The number of nitrogens with zero attached hydrogens (tertiary/aromatic N) is 3. The first kappa shape index (κ1) is 17.5. The number of hydrogen-bond acceptors (Lipinski definition) is 5. The zero-order valence-electron chi connectivity index (χ0n) is 15.3. The minimum Gasteiger partial charge on any atom is -0.497 e. The second-order valence-corrected chi connectivity index (χ2v) is 7.30. The zero-order valence-corrected chi connectivity index (χ0v) is 15.3. The Hall–Kier alpha value is -1.89. The molecule has 2 aromatic rings. The van der Waals surface area contributed by atoms with Gasteiger partial charge in [0.05, 0.1) is 33.0 Å². The lowest BCUT2D eigenvalue weighted by Gasteiger charge is -2.32. The third kappa shape index (κ3) is 4.09. The van der Waals surface area contributed by atoms with Crippen molar-refractivity contribution in [2.45, 2.75) is 37.6 Å². The number of benzene rings is 1. The summed E-state index contributed by atoms with van der Waals surface area (Å²) in [6.07, 6.45) is 6.11. The summed E-state index contributed by atoms with van der Waals surface area (Å²) in [5.74, 6) is 0.894. The van der Waals surface area contributed by atoms with E-state index in [0.717, 1.165) is 51.4 Å². The van der Waals surface area contributed by atoms with Crippen LogP contribution in [0, 0.1) is 0 Å². The predicted molar refractivity (Wildman–Crippen MR) is 98.2 cm³/mol. The van der Waals surface area contributed by atoms with Gasteiger partial charge in [0.2, 0.25) is 0 Å². The average molecular weight is 357 g/mol. The molecule has 2 unspecified atom stereocenters. The Morgan fingerprint density at radius 2 is 2.19 bits per heavy atom. The van der Waals surface area contributed by atoms with Gasteiger partial charge in [-0.05, 0) is 36.6 Å². The molecule has 0 bridgehead atoms. The van der Waals surface area contributed by atoms with Crippen LogP contribution in [-0.4, -0.2) is 59.8 Å². The summed E-state index contributed by atoms with van der Waals surface area (Å²) in [5.41, 5.74) is 1.09. The fraction of sp³-hybridized carbons (Fsp3) is 0.550. The standard InChI is InChI=1S/C20H27N3O3/c1-24-18-5-3-17(4-6-18)13-22-11-12-25-16-20(15-22)8-7-19(26-20)14-23-10-2-9-21-23/h2-6,9-10,19H,7-8,11-16H2,1H3. The van der Waals surface area contributed by atoms with E-state index >= 15 is 0 Å². The molecule has 1 aromatic heterocycles. The number of hydrogen-bond donors (Lipinski definition) is 0. The van der Waals surface area contributed by atoms with Gasteiger partial charge < -0.3 is 14.2 Å². The van der Waals surface area contributed by atoms with Gasteiger partial charge in [-0.1, -0.05) is 12.1 Å². The number of aromatic nitrogens is 2. The molecule has 0 radical (unpaired) electrons. The summed E-state index contributed by atoms with van der Waals surface area (Å²) in [4.78, 5) is 2.45. The first-order valence-electron chi connectivity index (χ1n) is 9.33. The van der Waals surface area contributed by atoms with E-state index in [9.17, 15) is 0 Å². The molecular formula is C20H27N3O3. The Bertz CT molecular complexity index is 689. The molecule has 1 spiro atoms. The van der Waals surface area contributed by atoms with E-state index in [1.165, 1.54) is 5.56 Å². The quantitative estimate of drug-likeness (QED) is 0.822. The maximum Gasteiger partial charge on any atom is 0.118 e. The second kappa shape index (κ2) is 7.78. The van der Waals surface area contributed by atoms with Crippen molar-refractivity contribution in [3.63, 3.8) is 0 Å². The second-order valence-electron chi connectivity index (χ2n) is 7.30. The summed E-state index contributed by atoms with van der Waals surface area (Å²) in [5, 5.41) is 4.30. The number of rotatable bonds is 5. The maximum atomic E-state index is 6.50. The summed E-state index contributed by atoms with van der Waals surface area (Å²) in [6.45, 7) is 5.00. The highest BCUT2D eigenvalue weighted by Gasteiger charge is 2.43. The van der Waals surface area contributed by atoms with Gasteiger partial charge in [0.1, 0.15) is 11.4 Å². The Balaban J connectivity index is 1.39. The molecule has 6 heteroatoms. The van der Waals surface area contributed by atoms with Crippen molar-refractivity contribution in [1.29, 1.82) is 0 Å². The molecule has 1 aromatic carbocycles. The summed E-state index contributed by atoms with van der Waals surface area (Å²) < 4.78 is 19.6. The molecule has 2 atom stereocenters. The van der Waals surface area contributed by atoms with Gasteiger partial charge >= 0.3 is 0 Å². The molecule has 2 fully saturated rings. The zero-order chi connectivity index (χ0) is 17.8. The Morgan fingerprint density at radius 1 is 1.31 bits per heavy atom. The van der Waals surface area contributed by atoms with E-state index in [1.807, 2.05) is 35.3 Å². The largest absolute Gasteiger partial charge is 0.497 e. The highest BCUT2D eigenvalue weighted by atomic mass is 16.6. The van der Waals surface area contributed by atoms with Crippen molar-refractivity contribution in [3.8, 4) is 5.75 Å². The van der Waals surface area contributed by atoms with Gasteiger partial charge in [-0.15, -0.1) is 0 Å². The number of ether oxygens (including phenoxy) is 3. The van der Waals surface area contributed by atoms with E-state index in [0.29, 0.717) is 6.61 Å². The van der Waals surface area contributed by atoms with Gasteiger partial charge in [0, 0.05) is 32.0 Å². The fourth-order valence-electron chi connectivity index (χ4n) is 3.97. The molecule has 0 N–H and O–H groups in total. The van der Waals surface area contributed by atoms with Crippen LogP contribution in [0.1, 0.15) is 18.4 Å². The van der Waals surface area contributed by atoms with Crippen LogP contribution in [-0.2, 0) is 22.6 Å². The molecule has 3 heterocycles. The van der Waals surface area contributed by atoms with Crippen LogP contribution >= 0.6 is 0 Å². The predicted octanol–water partition coefficient (Wildman–Crippen LogP) is 2.34. The van der Waals surface area contributed by atoms with Gasteiger partial charge in [-0.3, -0.25) is 9.58 Å². The van der Waals surface area contributed by atoms with Crippen molar-refractivity contribution < 1.29 is 14.2 Å². The Morgan fingerprint density at radius 3 is 2.96 bits per heavy atom. The average Bonchev–Trinajstić information content (AvgIpc) is 3.25. The van der Waals surface area contributed by atoms with Crippen LogP contribution in [0.15, 0.2) is 42.7 Å². The first-order valence-corrected chi connectivity index (χ1v) is 9.33. The molecule has 140 valence electrons. The van der Waals surface area contributed by atoms with Gasteiger partial charge in [-0.2, -0.15) is 5.10 Å². The van der Waals surface area contributed by atoms with Crippen LogP contribution in [0.3, 0.4) is 0 Å². The third-order valence-electron chi connectivity index (χ3n) is 5.28. The monoisotopic (exact) mass is 357 g/mol. The van der Waals surface area contributed by atoms with Crippen molar-refractivity contribution in [2.75, 3.05) is 33.4 Å². The van der Waals surface area contributed by atoms with E-state index in [1.54, 1.807) is 7.11 Å². The molecule has 2 aliphatic rings. The molecule has 26 heavy (non-hydrogen) atoms. The molecule has 2 saturated heterocycles. The van der Waals surface area contributed by atoms with E-state index in [2.05, 4.69) is 22.1 Å². The Kier molecular flexibility index (Phi) is 5.24. The van der Waals surface area contributed by atoms with Crippen molar-refractivity contribution >= 4 is 0 Å². The molecule has 2 aliphatic heterocycles. The minimum atomic E-state index is -0.194. The van der Waals surface area contributed by atoms with E-state index < -0.39 is 0 Å².